The molecule has 0 saturated carbocycles. The third-order valence-corrected chi connectivity index (χ3v) is 28.1. The van der Waals surface area contributed by atoms with E-state index in [9.17, 15) is 19.5 Å². The number of aliphatic hydroxyl groups is 1. The maximum absolute atomic E-state index is 13.1. The van der Waals surface area contributed by atoms with Crippen molar-refractivity contribution >= 4 is 53.2 Å². The van der Waals surface area contributed by atoms with Crippen molar-refractivity contribution < 1.29 is 105 Å². The number of aliphatic hydroxyl groups excluding tert-OH is 1. The van der Waals surface area contributed by atoms with E-state index in [0.717, 1.165) is 53.2 Å². The standard InChI is InChI=1S/2C32H42O7S.C31H40O8S/c2*1-6-24-27(21(5)28(32(36-24)40-7-2)37-29(33)22-14-10-8-11-15-22)38-30-20(4)19(3)26-25(35-30)18-34-31(39-26)23-16-12-9-13-17-23;1-5-22-25(19(4)26(31(36-22)40-6-2)37-28(33)20-13-9-7-10-14-20)38-29-18(3)24(32)27-23(35-29)17-34-30(39-27)21-15-11-8-12-16-21/h2*8-17,19-21,24-28,30-32H,6-7,18H2,1-5H3;7-16,18-19,22-27,29-32H,5-6,17H2,1-4H3/t2*19-,20?,21+,24?,25?,26+,27+,28?,30+,31?,32+;18?,19-,22?,23?,24+,25-,26?,27+,29-,30?,31-/m110/s1. The minimum Gasteiger partial charge on any atom is -0.455 e. The molecule has 6 aromatic carbocycles. The first-order chi connectivity index (χ1) is 58.2. The van der Waals surface area contributed by atoms with Gasteiger partial charge in [-0.05, 0) is 84.8 Å². The lowest BCUT2D eigenvalue weighted by Gasteiger charge is -2.51. The Balaban J connectivity index is 0.000000156. The van der Waals surface area contributed by atoms with Crippen LogP contribution in [0.2, 0.25) is 0 Å². The van der Waals surface area contributed by atoms with E-state index in [1.807, 2.05) is 159 Å². The minimum absolute atomic E-state index is 0.0774. The maximum atomic E-state index is 13.1. The summed E-state index contributed by atoms with van der Waals surface area (Å²) in [6, 6.07) is 56.9. The van der Waals surface area contributed by atoms with Crippen LogP contribution >= 0.6 is 35.3 Å². The minimum atomic E-state index is -0.811. The molecule has 654 valence electrons. The van der Waals surface area contributed by atoms with E-state index in [2.05, 4.69) is 83.1 Å². The molecule has 0 radical (unpaired) electrons. The maximum Gasteiger partial charge on any atom is 0.338 e. The van der Waals surface area contributed by atoms with E-state index in [0.29, 0.717) is 29.9 Å². The number of ether oxygens (including phenoxy) is 18. The second-order valence-electron chi connectivity index (χ2n) is 32.8. The van der Waals surface area contributed by atoms with Crippen molar-refractivity contribution in [3.8, 4) is 0 Å². The van der Waals surface area contributed by atoms with Gasteiger partial charge in [0.1, 0.15) is 59.0 Å². The predicted octanol–water partition coefficient (Wildman–Crippen LogP) is 17.4. The van der Waals surface area contributed by atoms with E-state index in [-0.39, 0.29) is 143 Å². The van der Waals surface area contributed by atoms with Crippen molar-refractivity contribution in [3.63, 3.8) is 0 Å². The second-order valence-corrected chi connectivity index (χ2v) is 36.9. The summed E-state index contributed by atoms with van der Waals surface area (Å²) in [5.74, 6) is 1.24. The molecule has 33 atom stereocenters. The molecule has 22 nitrogen and oxygen atoms in total. The van der Waals surface area contributed by atoms with Crippen molar-refractivity contribution in [1.29, 1.82) is 0 Å². The van der Waals surface area contributed by atoms with E-state index in [1.165, 1.54) is 0 Å². The van der Waals surface area contributed by atoms with Crippen LogP contribution in [0.4, 0.5) is 0 Å². The zero-order valence-corrected chi connectivity index (χ0v) is 73.9. The van der Waals surface area contributed by atoms with Gasteiger partial charge in [0.2, 0.25) is 0 Å². The Morgan fingerprint density at radius 1 is 0.317 bits per heavy atom. The number of esters is 3. The van der Waals surface area contributed by atoms with Gasteiger partial charge >= 0.3 is 17.9 Å². The number of benzene rings is 6. The summed E-state index contributed by atoms with van der Waals surface area (Å²) < 4.78 is 115. The van der Waals surface area contributed by atoms with Crippen LogP contribution in [0.15, 0.2) is 182 Å². The number of carbonyl (C=O) groups is 3. The van der Waals surface area contributed by atoms with E-state index < -0.39 is 80.5 Å². The molecule has 1 N–H and O–H groups in total. The molecule has 0 bridgehead atoms. The summed E-state index contributed by atoms with van der Waals surface area (Å²) in [6.45, 7) is 30.5. The van der Waals surface area contributed by atoms with Crippen LogP contribution in [0.1, 0.15) is 183 Å². The van der Waals surface area contributed by atoms with Gasteiger partial charge in [-0.1, -0.05) is 243 Å². The summed E-state index contributed by atoms with van der Waals surface area (Å²) in [5, 5.41) is 11.3. The van der Waals surface area contributed by atoms with Crippen LogP contribution in [-0.2, 0) is 85.3 Å². The molecular weight excluding hydrogens is 1590 g/mol. The van der Waals surface area contributed by atoms with Crippen LogP contribution in [0.3, 0.4) is 0 Å². The van der Waals surface area contributed by atoms with Gasteiger partial charge < -0.3 is 90.4 Å². The number of hydrogen-bond donors (Lipinski definition) is 1. The molecule has 15 unspecified atom stereocenters. The van der Waals surface area contributed by atoms with Gasteiger partial charge in [0, 0.05) is 52.2 Å². The molecule has 0 amide bonds. The number of fused-ring (bicyclic) bond motifs is 3. The highest BCUT2D eigenvalue weighted by Gasteiger charge is 2.56. The highest BCUT2D eigenvalue weighted by atomic mass is 32.2. The van der Waals surface area contributed by atoms with E-state index in [1.54, 1.807) is 71.7 Å². The lowest BCUT2D eigenvalue weighted by molar-refractivity contribution is -0.365. The summed E-state index contributed by atoms with van der Waals surface area (Å²) in [7, 11) is 0. The topological polar surface area (TPSA) is 238 Å². The summed E-state index contributed by atoms with van der Waals surface area (Å²) >= 11 is 4.95. The van der Waals surface area contributed by atoms with Gasteiger partial charge in [-0.3, -0.25) is 0 Å². The smallest absolute Gasteiger partial charge is 0.338 e. The molecule has 9 aliphatic rings. The Morgan fingerprint density at radius 3 is 0.850 bits per heavy atom. The molecule has 15 rings (SSSR count). The van der Waals surface area contributed by atoms with Gasteiger partial charge in [-0.25, -0.2) is 14.4 Å². The predicted molar refractivity (Wildman–Crippen MR) is 458 cm³/mol. The highest BCUT2D eigenvalue weighted by Crippen LogP contribution is 2.48. The fraction of sp³-hybridized carbons (Fsp3) is 0.589. The summed E-state index contributed by atoms with van der Waals surface area (Å²) in [4.78, 5) is 39.1. The fourth-order valence-corrected chi connectivity index (χ4v) is 20.7. The van der Waals surface area contributed by atoms with Gasteiger partial charge in [0.15, 0.2) is 37.7 Å². The van der Waals surface area contributed by atoms with Gasteiger partial charge in [-0.2, -0.15) is 0 Å². The van der Waals surface area contributed by atoms with Gasteiger partial charge in [0.05, 0.1) is 91.4 Å². The van der Waals surface area contributed by atoms with Crippen molar-refractivity contribution in [2.75, 3.05) is 37.1 Å². The highest BCUT2D eigenvalue weighted by molar-refractivity contribution is 8.00. The van der Waals surface area contributed by atoms with Gasteiger partial charge in [0.25, 0.3) is 0 Å². The average Bonchev–Trinajstić information content (AvgIpc) is 0.773. The first-order valence-electron chi connectivity index (χ1n) is 43.4. The third kappa shape index (κ3) is 21.8. The van der Waals surface area contributed by atoms with Crippen LogP contribution in [0.5, 0.6) is 0 Å². The summed E-state index contributed by atoms with van der Waals surface area (Å²) in [6.07, 6.45) is -6.14. The van der Waals surface area contributed by atoms with Crippen LogP contribution in [-0.4, -0.2) is 193 Å². The van der Waals surface area contributed by atoms with Crippen molar-refractivity contribution in [1.82, 2.24) is 0 Å². The zero-order valence-electron chi connectivity index (χ0n) is 71.5. The molecule has 9 saturated heterocycles. The molecule has 0 spiro atoms. The van der Waals surface area contributed by atoms with Crippen molar-refractivity contribution in [3.05, 3.63) is 215 Å². The molecule has 9 aliphatic heterocycles. The van der Waals surface area contributed by atoms with Crippen molar-refractivity contribution in [2.24, 2.45) is 47.3 Å². The lowest BCUT2D eigenvalue weighted by Crippen LogP contribution is -2.61. The molecule has 9 fully saturated rings. The third-order valence-electron chi connectivity index (χ3n) is 24.9. The molecule has 9 heterocycles. The lowest BCUT2D eigenvalue weighted by atomic mass is 9.83. The Morgan fingerprint density at radius 2 is 0.575 bits per heavy atom. The van der Waals surface area contributed by atoms with E-state index >= 15 is 0 Å². The Bertz CT molecular complexity index is 3660. The van der Waals surface area contributed by atoms with Gasteiger partial charge in [-0.15, -0.1) is 35.3 Å². The molecule has 0 aromatic heterocycles. The fourth-order valence-electron chi connectivity index (χ4n) is 17.5. The quantitative estimate of drug-likeness (QED) is 0.0438. The van der Waals surface area contributed by atoms with E-state index in [4.69, 9.17) is 85.3 Å². The second kappa shape index (κ2) is 43.8. The molecule has 6 aromatic rings. The molecular formula is C95H124O22S3. The molecule has 120 heavy (non-hydrogen) atoms. The van der Waals surface area contributed by atoms with Crippen LogP contribution < -0.4 is 0 Å². The monoisotopic (exact) mass is 1710 g/mol. The Hall–Kier alpha value is -5.86. The first kappa shape index (κ1) is 91.8. The Labute approximate surface area is 721 Å². The SMILES string of the molecule is CCS[C@@H]1OC(CC)[C@@H](O[C@@H]2OC3COC(c4ccccc4)O[C@H]3[C@H](C)C2C)[C@H](C)C1OC(=O)c1ccccc1.CCS[C@@H]1OC(CC)[C@@H](O[C@@H]2OC3COC(c4ccccc4)O[C@H]3[C@H](C)C2C)[C@H](C)C1OC(=O)c1ccccc1.CCS[C@@H]1OC(CC)[C@@H](O[C@@H]2OC3COC(c4ccccc4)O[C@H]3[C@H](O)C2C)[C@H](C)C1OC(=O)c1ccccc1. The summed E-state index contributed by atoms with van der Waals surface area (Å²) in [5.41, 5.74) is 3.62. The normalized spacial score (nSPS) is 37.9. The average molecular weight is 1710 g/mol. The number of thioether (sulfide) groups is 3. The first-order valence-corrected chi connectivity index (χ1v) is 46.5. The Kier molecular flexibility index (Phi) is 33.6. The number of hydrogen-bond acceptors (Lipinski definition) is 25. The molecule has 25 heteroatoms. The number of carbonyl (C=O) groups excluding carboxylic acids is 3. The zero-order chi connectivity index (χ0) is 84.7. The van der Waals surface area contributed by atoms with Crippen molar-refractivity contribution in [2.45, 2.75) is 268 Å². The van der Waals surface area contributed by atoms with Crippen LogP contribution in [0.25, 0.3) is 0 Å². The van der Waals surface area contributed by atoms with Crippen LogP contribution in [0, 0.1) is 47.3 Å². The molecule has 0 aliphatic carbocycles. The number of rotatable bonds is 24. The largest absolute Gasteiger partial charge is 0.455 e.